The van der Waals surface area contributed by atoms with Gasteiger partial charge in [-0.05, 0) is 37.0 Å². The molecule has 2 rings (SSSR count). The van der Waals surface area contributed by atoms with E-state index in [1.165, 1.54) is 0 Å². The zero-order valence-corrected chi connectivity index (χ0v) is 11.8. The molecule has 5 heteroatoms. The van der Waals surface area contributed by atoms with Gasteiger partial charge in [0.25, 0.3) is 0 Å². The lowest BCUT2D eigenvalue weighted by molar-refractivity contribution is -0.125. The molecule has 2 atom stereocenters. The van der Waals surface area contributed by atoms with Crippen LogP contribution < -0.4 is 10.6 Å². The average molecular weight is 281 g/mol. The molecule has 0 radical (unpaired) electrons. The molecule has 19 heavy (non-hydrogen) atoms. The van der Waals surface area contributed by atoms with Gasteiger partial charge in [-0.1, -0.05) is 24.6 Å². The molecule has 1 aromatic carbocycles. The van der Waals surface area contributed by atoms with Crippen molar-refractivity contribution >= 4 is 29.1 Å². The molecule has 102 valence electrons. The van der Waals surface area contributed by atoms with Gasteiger partial charge in [-0.15, -0.1) is 0 Å². The zero-order valence-electron chi connectivity index (χ0n) is 11.0. The first-order valence-corrected chi connectivity index (χ1v) is 6.69. The Hall–Kier alpha value is -1.55. The van der Waals surface area contributed by atoms with Crippen molar-refractivity contribution in [3.63, 3.8) is 0 Å². The number of halogens is 1. The van der Waals surface area contributed by atoms with Gasteiger partial charge in [-0.25, -0.2) is 0 Å². The Balaban J connectivity index is 1.84. The first kappa shape index (κ1) is 13.9. The largest absolute Gasteiger partial charge is 0.347 e. The summed E-state index contributed by atoms with van der Waals surface area (Å²) in [5.41, 5.74) is 1.49. The predicted molar refractivity (Wildman–Crippen MR) is 75.1 cm³/mol. The summed E-state index contributed by atoms with van der Waals surface area (Å²) in [6, 6.07) is 5.32. The van der Waals surface area contributed by atoms with Crippen molar-refractivity contribution in [3.05, 3.63) is 28.8 Å². The Kier molecular flexibility index (Phi) is 4.10. The van der Waals surface area contributed by atoms with E-state index in [2.05, 4.69) is 10.6 Å². The van der Waals surface area contributed by atoms with E-state index < -0.39 is 0 Å². The molecule has 2 N–H and O–H groups in total. The van der Waals surface area contributed by atoms with Crippen LogP contribution in [0, 0.1) is 18.8 Å². The maximum absolute atomic E-state index is 11.7. The first-order valence-electron chi connectivity index (χ1n) is 6.31. The van der Waals surface area contributed by atoms with Crippen LogP contribution in [0.5, 0.6) is 0 Å². The highest BCUT2D eigenvalue weighted by Crippen LogP contribution is 2.37. The fourth-order valence-electron chi connectivity index (χ4n) is 1.92. The second kappa shape index (κ2) is 5.61. The smallest absolute Gasteiger partial charge is 0.243 e. The maximum Gasteiger partial charge on any atom is 0.243 e. The molecular weight excluding hydrogens is 264 g/mol. The van der Waals surface area contributed by atoms with Gasteiger partial charge in [0.2, 0.25) is 11.8 Å². The van der Waals surface area contributed by atoms with Crippen molar-refractivity contribution in [2.24, 2.45) is 11.8 Å². The molecule has 0 unspecified atom stereocenters. The summed E-state index contributed by atoms with van der Waals surface area (Å²) < 4.78 is 0. The molecule has 0 aliphatic heterocycles. The van der Waals surface area contributed by atoms with Crippen LogP contribution in [-0.4, -0.2) is 18.4 Å². The second-order valence-corrected chi connectivity index (χ2v) is 5.41. The first-order chi connectivity index (χ1) is 8.99. The Morgan fingerprint density at radius 2 is 2.11 bits per heavy atom. The van der Waals surface area contributed by atoms with E-state index in [4.69, 9.17) is 11.6 Å². The summed E-state index contributed by atoms with van der Waals surface area (Å²) in [7, 11) is 0. The van der Waals surface area contributed by atoms with Gasteiger partial charge in [0.15, 0.2) is 0 Å². The lowest BCUT2D eigenvalue weighted by Crippen LogP contribution is -2.34. The molecule has 0 heterocycles. The van der Waals surface area contributed by atoms with Crippen LogP contribution in [-0.2, 0) is 9.59 Å². The third kappa shape index (κ3) is 3.47. The average Bonchev–Trinajstić information content (AvgIpc) is 3.09. The van der Waals surface area contributed by atoms with E-state index in [1.54, 1.807) is 18.2 Å². The van der Waals surface area contributed by atoms with Gasteiger partial charge < -0.3 is 10.6 Å². The van der Waals surface area contributed by atoms with Gasteiger partial charge in [0, 0.05) is 16.6 Å². The topological polar surface area (TPSA) is 58.2 Å². The highest BCUT2D eigenvalue weighted by atomic mass is 35.5. The summed E-state index contributed by atoms with van der Waals surface area (Å²) in [6.07, 6.45) is 0.918. The van der Waals surface area contributed by atoms with Crippen molar-refractivity contribution in [2.75, 3.05) is 11.9 Å². The van der Waals surface area contributed by atoms with E-state index >= 15 is 0 Å². The van der Waals surface area contributed by atoms with E-state index in [1.807, 2.05) is 13.8 Å². The molecule has 0 saturated heterocycles. The molecule has 1 aromatic rings. The number of hydrogen-bond acceptors (Lipinski definition) is 2. The summed E-state index contributed by atoms with van der Waals surface area (Å²) in [5, 5.41) is 5.99. The Labute approximate surface area is 117 Å². The summed E-state index contributed by atoms with van der Waals surface area (Å²) in [6.45, 7) is 3.86. The lowest BCUT2D eigenvalue weighted by atomic mass is 10.2. The van der Waals surface area contributed by atoms with Gasteiger partial charge in [0.05, 0.1) is 6.54 Å². The standard InChI is InChI=1S/C14H17ClN2O2/c1-8-6-10(8)14(19)16-7-13(18)17-12-5-3-4-11(15)9(12)2/h3-5,8,10H,6-7H2,1-2H3,(H,16,19)(H,17,18)/t8-,10-/m1/s1. The highest BCUT2D eigenvalue weighted by molar-refractivity contribution is 6.31. The van der Waals surface area contributed by atoms with Gasteiger partial charge in [-0.2, -0.15) is 0 Å². The molecule has 4 nitrogen and oxygen atoms in total. The predicted octanol–water partition coefficient (Wildman–Crippen LogP) is 2.36. The molecule has 2 amide bonds. The summed E-state index contributed by atoms with van der Waals surface area (Å²) in [4.78, 5) is 23.3. The normalized spacial score (nSPS) is 20.8. The monoisotopic (exact) mass is 280 g/mol. The van der Waals surface area contributed by atoms with E-state index in [9.17, 15) is 9.59 Å². The number of anilines is 1. The molecule has 1 fully saturated rings. The van der Waals surface area contributed by atoms with Crippen LogP contribution in [0.25, 0.3) is 0 Å². The Bertz CT molecular complexity index is 516. The number of hydrogen-bond donors (Lipinski definition) is 2. The highest BCUT2D eigenvalue weighted by Gasteiger charge is 2.38. The minimum atomic E-state index is -0.244. The molecule has 1 aliphatic carbocycles. The van der Waals surface area contributed by atoms with Crippen molar-refractivity contribution in [1.29, 1.82) is 0 Å². The zero-order chi connectivity index (χ0) is 14.0. The molecule has 1 aliphatic rings. The van der Waals surface area contributed by atoms with Gasteiger partial charge >= 0.3 is 0 Å². The SMILES string of the molecule is Cc1c(Cl)cccc1NC(=O)CNC(=O)[C@@H]1C[C@H]1C. The van der Waals surface area contributed by atoms with Gasteiger partial charge in [0.1, 0.15) is 0 Å². The van der Waals surface area contributed by atoms with Crippen LogP contribution in [0.2, 0.25) is 5.02 Å². The minimum Gasteiger partial charge on any atom is -0.347 e. The Morgan fingerprint density at radius 1 is 1.42 bits per heavy atom. The van der Waals surface area contributed by atoms with E-state index in [0.29, 0.717) is 16.6 Å². The van der Waals surface area contributed by atoms with Crippen LogP contribution >= 0.6 is 11.6 Å². The fourth-order valence-corrected chi connectivity index (χ4v) is 2.10. The van der Waals surface area contributed by atoms with Crippen LogP contribution in [0.1, 0.15) is 18.9 Å². The van der Waals surface area contributed by atoms with Crippen molar-refractivity contribution in [1.82, 2.24) is 5.32 Å². The molecule has 0 bridgehead atoms. The fraction of sp³-hybridized carbons (Fsp3) is 0.429. The van der Waals surface area contributed by atoms with Crippen LogP contribution in [0.4, 0.5) is 5.69 Å². The molecular formula is C14H17ClN2O2. The number of carbonyl (C=O) groups excluding carboxylic acids is 2. The second-order valence-electron chi connectivity index (χ2n) is 5.00. The third-order valence-corrected chi connectivity index (χ3v) is 3.82. The number of nitrogens with one attached hydrogen (secondary N) is 2. The molecule has 1 saturated carbocycles. The van der Waals surface area contributed by atoms with Gasteiger partial charge in [-0.3, -0.25) is 9.59 Å². The number of amides is 2. The number of rotatable bonds is 4. The lowest BCUT2D eigenvalue weighted by Gasteiger charge is -2.10. The van der Waals surface area contributed by atoms with Crippen molar-refractivity contribution in [2.45, 2.75) is 20.3 Å². The molecule has 0 aromatic heterocycles. The summed E-state index contributed by atoms with van der Waals surface area (Å²) >= 11 is 5.97. The number of carbonyl (C=O) groups is 2. The Morgan fingerprint density at radius 3 is 2.74 bits per heavy atom. The van der Waals surface area contributed by atoms with Crippen molar-refractivity contribution < 1.29 is 9.59 Å². The van der Waals surface area contributed by atoms with Crippen molar-refractivity contribution in [3.8, 4) is 0 Å². The quantitative estimate of drug-likeness (QED) is 0.889. The number of benzene rings is 1. The summed E-state index contributed by atoms with van der Waals surface area (Å²) in [5.74, 6) is 0.247. The maximum atomic E-state index is 11.7. The molecule has 0 spiro atoms. The van der Waals surface area contributed by atoms with Crippen LogP contribution in [0.15, 0.2) is 18.2 Å². The third-order valence-electron chi connectivity index (χ3n) is 3.41. The minimum absolute atomic E-state index is 0.00595. The van der Waals surface area contributed by atoms with E-state index in [-0.39, 0.29) is 24.3 Å². The van der Waals surface area contributed by atoms with Crippen LogP contribution in [0.3, 0.4) is 0 Å². The van der Waals surface area contributed by atoms with E-state index in [0.717, 1.165) is 12.0 Å².